The molecule has 1 atom stereocenters. The number of hydrogen-bond donors (Lipinski definition) is 1. The topological polar surface area (TPSA) is 37.3 Å². The average molecular weight is 359 g/mol. The molecule has 0 saturated carbocycles. The van der Waals surface area contributed by atoms with Crippen LogP contribution in [0.15, 0.2) is 53.0 Å². The molecule has 0 aliphatic carbocycles. The Balaban J connectivity index is 2.44. The largest absolute Gasteiger partial charge is 0.416 e. The molecule has 2 nitrogen and oxygen atoms in total. The van der Waals surface area contributed by atoms with Crippen molar-refractivity contribution in [1.29, 1.82) is 0 Å². The van der Waals surface area contributed by atoms with Gasteiger partial charge in [0.15, 0.2) is 5.78 Å². The third-order valence-corrected chi connectivity index (χ3v) is 3.42. The molecule has 0 fully saturated rings. The zero-order valence-corrected chi connectivity index (χ0v) is 12.1. The first-order valence-electron chi connectivity index (χ1n) is 5.94. The number of carbonyl (C=O) groups is 1. The Kier molecular flexibility index (Phi) is 4.49. The lowest BCUT2D eigenvalue weighted by Crippen LogP contribution is -2.18. The predicted molar refractivity (Wildman–Crippen MR) is 74.9 cm³/mol. The SMILES string of the molecule is O=C(c1ccccc1)[C@@H](O)c1ccc(Br)cc1C(F)(F)F. The van der Waals surface area contributed by atoms with Gasteiger partial charge in [-0.05, 0) is 12.1 Å². The average Bonchev–Trinajstić information content (AvgIpc) is 2.45. The van der Waals surface area contributed by atoms with Crippen molar-refractivity contribution < 1.29 is 23.1 Å². The summed E-state index contributed by atoms with van der Waals surface area (Å²) < 4.78 is 39.3. The second-order valence-corrected chi connectivity index (χ2v) is 5.28. The lowest BCUT2D eigenvalue weighted by atomic mass is 9.96. The van der Waals surface area contributed by atoms with Crippen molar-refractivity contribution in [3.8, 4) is 0 Å². The van der Waals surface area contributed by atoms with Gasteiger partial charge >= 0.3 is 6.18 Å². The van der Waals surface area contributed by atoms with Crippen LogP contribution >= 0.6 is 15.9 Å². The summed E-state index contributed by atoms with van der Waals surface area (Å²) in [5, 5.41) is 10.0. The minimum absolute atomic E-state index is 0.154. The Labute approximate surface area is 127 Å². The van der Waals surface area contributed by atoms with E-state index in [0.717, 1.165) is 12.1 Å². The van der Waals surface area contributed by atoms with E-state index in [0.29, 0.717) is 0 Å². The van der Waals surface area contributed by atoms with Crippen molar-refractivity contribution in [3.63, 3.8) is 0 Å². The highest BCUT2D eigenvalue weighted by Crippen LogP contribution is 2.37. The van der Waals surface area contributed by atoms with Crippen LogP contribution in [0.4, 0.5) is 13.2 Å². The Morgan fingerprint density at radius 2 is 1.71 bits per heavy atom. The minimum atomic E-state index is -4.66. The summed E-state index contributed by atoms with van der Waals surface area (Å²) >= 11 is 2.95. The van der Waals surface area contributed by atoms with E-state index in [4.69, 9.17) is 0 Å². The zero-order chi connectivity index (χ0) is 15.6. The molecule has 2 rings (SSSR count). The summed E-state index contributed by atoms with van der Waals surface area (Å²) in [6.45, 7) is 0. The number of aliphatic hydroxyl groups is 1. The van der Waals surface area contributed by atoms with Gasteiger partial charge in [0, 0.05) is 15.6 Å². The Bertz CT molecular complexity index is 654. The predicted octanol–water partition coefficient (Wildman–Crippen LogP) is 4.38. The number of hydrogen-bond acceptors (Lipinski definition) is 2. The van der Waals surface area contributed by atoms with E-state index < -0.39 is 29.2 Å². The molecule has 0 radical (unpaired) electrons. The summed E-state index contributed by atoms with van der Waals surface area (Å²) in [6.07, 6.45) is -6.52. The highest BCUT2D eigenvalue weighted by Gasteiger charge is 2.36. The van der Waals surface area contributed by atoms with Gasteiger partial charge in [-0.25, -0.2) is 0 Å². The fourth-order valence-corrected chi connectivity index (χ4v) is 2.28. The van der Waals surface area contributed by atoms with Gasteiger partial charge in [0.05, 0.1) is 5.56 Å². The van der Waals surface area contributed by atoms with Crippen LogP contribution in [-0.4, -0.2) is 10.9 Å². The monoisotopic (exact) mass is 358 g/mol. The standard InChI is InChI=1S/C15H10BrF3O2/c16-10-6-7-11(12(8-10)15(17,18)19)14(21)13(20)9-4-2-1-3-5-9/h1-8,14,21H/t14-/m0/s1. The molecule has 0 aliphatic rings. The summed E-state index contributed by atoms with van der Waals surface area (Å²) in [6, 6.07) is 11.0. The third-order valence-electron chi connectivity index (χ3n) is 2.92. The number of ketones is 1. The van der Waals surface area contributed by atoms with Crippen molar-refractivity contribution in [2.45, 2.75) is 12.3 Å². The summed E-state index contributed by atoms with van der Waals surface area (Å²) in [5.74, 6) is -0.775. The zero-order valence-electron chi connectivity index (χ0n) is 10.6. The summed E-state index contributed by atoms with van der Waals surface area (Å²) in [7, 11) is 0. The minimum Gasteiger partial charge on any atom is -0.380 e. The van der Waals surface area contributed by atoms with Crippen molar-refractivity contribution in [1.82, 2.24) is 0 Å². The molecule has 1 N–H and O–H groups in total. The van der Waals surface area contributed by atoms with Crippen molar-refractivity contribution in [2.24, 2.45) is 0 Å². The molecule has 110 valence electrons. The molecule has 0 spiro atoms. The van der Waals surface area contributed by atoms with E-state index in [1.165, 1.54) is 18.2 Å². The molecule has 2 aromatic carbocycles. The molecular weight excluding hydrogens is 349 g/mol. The number of benzene rings is 2. The molecule has 2 aromatic rings. The maximum absolute atomic E-state index is 13.0. The van der Waals surface area contributed by atoms with Gasteiger partial charge in [-0.15, -0.1) is 0 Å². The number of halogens is 4. The molecule has 0 amide bonds. The maximum atomic E-state index is 13.0. The van der Waals surface area contributed by atoms with Gasteiger partial charge in [-0.1, -0.05) is 52.3 Å². The van der Waals surface area contributed by atoms with E-state index in [1.54, 1.807) is 18.2 Å². The van der Waals surface area contributed by atoms with Gasteiger partial charge in [0.25, 0.3) is 0 Å². The smallest absolute Gasteiger partial charge is 0.380 e. The second-order valence-electron chi connectivity index (χ2n) is 4.36. The number of Topliss-reactive ketones (excluding diaryl/α,β-unsaturated/α-hetero) is 1. The fraction of sp³-hybridized carbons (Fsp3) is 0.133. The van der Waals surface area contributed by atoms with Crippen LogP contribution in [0, 0.1) is 0 Å². The molecule has 21 heavy (non-hydrogen) atoms. The van der Waals surface area contributed by atoms with Crippen molar-refractivity contribution in [2.75, 3.05) is 0 Å². The Morgan fingerprint density at radius 3 is 2.29 bits per heavy atom. The molecular formula is C15H10BrF3O2. The van der Waals surface area contributed by atoms with Crippen molar-refractivity contribution in [3.05, 3.63) is 69.7 Å². The molecule has 0 unspecified atom stereocenters. The van der Waals surface area contributed by atoms with Crippen LogP contribution in [0.2, 0.25) is 0 Å². The Hall–Kier alpha value is -1.66. The van der Waals surface area contributed by atoms with Crippen LogP contribution < -0.4 is 0 Å². The summed E-state index contributed by atoms with van der Waals surface area (Å²) in [5.41, 5.74) is -1.34. The molecule has 0 aliphatic heterocycles. The number of aliphatic hydroxyl groups excluding tert-OH is 1. The highest BCUT2D eigenvalue weighted by atomic mass is 79.9. The van der Waals surface area contributed by atoms with Gasteiger partial charge in [-0.2, -0.15) is 13.2 Å². The van der Waals surface area contributed by atoms with Crippen LogP contribution in [-0.2, 0) is 6.18 Å². The lowest BCUT2D eigenvalue weighted by molar-refractivity contribution is -0.138. The fourth-order valence-electron chi connectivity index (χ4n) is 1.91. The van der Waals surface area contributed by atoms with Gasteiger partial charge in [0.2, 0.25) is 0 Å². The molecule has 6 heteroatoms. The van der Waals surface area contributed by atoms with Gasteiger partial charge < -0.3 is 5.11 Å². The maximum Gasteiger partial charge on any atom is 0.416 e. The van der Waals surface area contributed by atoms with E-state index >= 15 is 0 Å². The van der Waals surface area contributed by atoms with E-state index in [1.807, 2.05) is 0 Å². The van der Waals surface area contributed by atoms with E-state index in [-0.39, 0.29) is 10.0 Å². The van der Waals surface area contributed by atoms with Crippen LogP contribution in [0.5, 0.6) is 0 Å². The highest BCUT2D eigenvalue weighted by molar-refractivity contribution is 9.10. The Morgan fingerprint density at radius 1 is 1.10 bits per heavy atom. The third kappa shape index (κ3) is 3.51. The molecule has 0 bridgehead atoms. The normalized spacial score (nSPS) is 13.0. The molecule has 0 heterocycles. The van der Waals surface area contributed by atoms with Crippen LogP contribution in [0.3, 0.4) is 0 Å². The number of carbonyl (C=O) groups excluding carboxylic acids is 1. The van der Waals surface area contributed by atoms with E-state index in [2.05, 4.69) is 15.9 Å². The first-order chi connectivity index (χ1) is 9.80. The summed E-state index contributed by atoms with van der Waals surface area (Å²) in [4.78, 5) is 12.1. The first kappa shape index (κ1) is 15.7. The second kappa shape index (κ2) is 5.99. The van der Waals surface area contributed by atoms with Crippen molar-refractivity contribution >= 4 is 21.7 Å². The van der Waals surface area contributed by atoms with Gasteiger partial charge in [0.1, 0.15) is 6.10 Å². The molecule has 0 aromatic heterocycles. The quantitative estimate of drug-likeness (QED) is 0.826. The van der Waals surface area contributed by atoms with Crippen LogP contribution in [0.1, 0.15) is 27.6 Å². The molecule has 0 saturated heterocycles. The van der Waals surface area contributed by atoms with E-state index in [9.17, 15) is 23.1 Å². The van der Waals surface area contributed by atoms with Gasteiger partial charge in [-0.3, -0.25) is 4.79 Å². The number of alkyl halides is 3. The lowest BCUT2D eigenvalue weighted by Gasteiger charge is -2.17. The number of rotatable bonds is 3. The first-order valence-corrected chi connectivity index (χ1v) is 6.74. The van der Waals surface area contributed by atoms with Crippen LogP contribution in [0.25, 0.3) is 0 Å².